The van der Waals surface area contributed by atoms with Gasteiger partial charge in [0, 0.05) is 38.7 Å². The predicted octanol–water partition coefficient (Wildman–Crippen LogP) is 2.09. The van der Waals surface area contributed by atoms with E-state index < -0.39 is 32.2 Å². The van der Waals surface area contributed by atoms with Crippen LogP contribution in [0.25, 0.3) is 0 Å². The van der Waals surface area contributed by atoms with E-state index >= 15 is 0 Å². The number of nitrogens with zero attached hydrogens (tertiary/aromatic N) is 3. The highest BCUT2D eigenvalue weighted by Crippen LogP contribution is 2.36. The molecule has 1 aromatic carbocycles. The molecule has 12 heteroatoms. The Morgan fingerprint density at radius 1 is 1.21 bits per heavy atom. The highest BCUT2D eigenvalue weighted by molar-refractivity contribution is 7.91. The van der Waals surface area contributed by atoms with Crippen LogP contribution in [0.15, 0.2) is 18.2 Å². The first-order chi connectivity index (χ1) is 13.5. The molecule has 2 fully saturated rings. The lowest BCUT2D eigenvalue weighted by molar-refractivity contribution is -0.384. The largest absolute Gasteiger partial charge is 0.416 e. The average Bonchev–Trinajstić information content (AvgIpc) is 2.99. The van der Waals surface area contributed by atoms with Gasteiger partial charge in [0.05, 0.1) is 22.0 Å². The van der Waals surface area contributed by atoms with Crippen LogP contribution in [0.5, 0.6) is 0 Å². The number of benzene rings is 1. The van der Waals surface area contributed by atoms with Crippen molar-refractivity contribution in [2.75, 3.05) is 42.6 Å². The van der Waals surface area contributed by atoms with E-state index in [-0.39, 0.29) is 61.6 Å². The molecule has 1 unspecified atom stereocenters. The quantitative estimate of drug-likeness (QED) is 0.530. The van der Waals surface area contributed by atoms with E-state index in [1.807, 2.05) is 0 Å². The summed E-state index contributed by atoms with van der Waals surface area (Å²) in [5.41, 5.74) is -1.64. The molecule has 0 radical (unpaired) electrons. The van der Waals surface area contributed by atoms with Gasteiger partial charge in [0.2, 0.25) is 5.91 Å². The number of nitro groups is 1. The molecule has 3 rings (SSSR count). The van der Waals surface area contributed by atoms with Crippen molar-refractivity contribution in [3.05, 3.63) is 33.9 Å². The molecule has 2 aliphatic heterocycles. The van der Waals surface area contributed by atoms with Crippen LogP contribution in [-0.4, -0.2) is 61.8 Å². The van der Waals surface area contributed by atoms with Crippen molar-refractivity contribution in [2.24, 2.45) is 5.92 Å². The van der Waals surface area contributed by atoms with Gasteiger partial charge in [0.25, 0.3) is 5.69 Å². The van der Waals surface area contributed by atoms with Crippen LogP contribution in [0, 0.1) is 16.0 Å². The normalized spacial score (nSPS) is 22.0. The van der Waals surface area contributed by atoms with E-state index in [4.69, 9.17) is 0 Å². The lowest BCUT2D eigenvalue weighted by Gasteiger charge is -2.36. The van der Waals surface area contributed by atoms with Gasteiger partial charge < -0.3 is 9.80 Å². The summed E-state index contributed by atoms with van der Waals surface area (Å²) < 4.78 is 61.6. The first-order valence-corrected chi connectivity index (χ1v) is 10.9. The number of amides is 1. The van der Waals surface area contributed by atoms with Crippen molar-refractivity contribution in [3.8, 4) is 0 Å². The Labute approximate surface area is 165 Å². The molecule has 0 aliphatic carbocycles. The van der Waals surface area contributed by atoms with Crippen molar-refractivity contribution < 1.29 is 31.3 Å². The van der Waals surface area contributed by atoms with Gasteiger partial charge in [-0.2, -0.15) is 13.2 Å². The zero-order chi connectivity index (χ0) is 21.4. The van der Waals surface area contributed by atoms with Gasteiger partial charge in [-0.15, -0.1) is 0 Å². The van der Waals surface area contributed by atoms with Crippen LogP contribution in [0.1, 0.15) is 18.4 Å². The molecule has 1 amide bonds. The van der Waals surface area contributed by atoms with Gasteiger partial charge in [0.15, 0.2) is 9.84 Å². The number of hydrogen-bond donors (Lipinski definition) is 0. The molecule has 0 spiro atoms. The van der Waals surface area contributed by atoms with Crippen molar-refractivity contribution in [1.29, 1.82) is 0 Å². The van der Waals surface area contributed by atoms with Crippen molar-refractivity contribution >= 4 is 27.1 Å². The van der Waals surface area contributed by atoms with Crippen molar-refractivity contribution in [2.45, 2.75) is 19.0 Å². The third-order valence-electron chi connectivity index (χ3n) is 5.26. The Bertz CT molecular complexity index is 911. The molecular weight excluding hydrogens is 415 g/mol. The maximum atomic E-state index is 12.8. The fraction of sp³-hybridized carbons (Fsp3) is 0.588. The van der Waals surface area contributed by atoms with Crippen LogP contribution < -0.4 is 4.90 Å². The number of hydrogen-bond acceptors (Lipinski definition) is 6. The van der Waals surface area contributed by atoms with Crippen LogP contribution in [-0.2, 0) is 20.8 Å². The zero-order valence-corrected chi connectivity index (χ0v) is 16.2. The summed E-state index contributed by atoms with van der Waals surface area (Å²) in [7, 11) is -3.07. The molecule has 160 valence electrons. The Hall–Kier alpha value is -2.37. The number of carbonyl (C=O) groups excluding carboxylic acids is 1. The number of anilines is 1. The molecular formula is C17H20F3N3O5S. The van der Waals surface area contributed by atoms with Gasteiger partial charge in [-0.1, -0.05) is 0 Å². The van der Waals surface area contributed by atoms with E-state index in [1.54, 1.807) is 9.80 Å². The summed E-state index contributed by atoms with van der Waals surface area (Å²) in [5.74, 6) is -0.262. The first kappa shape index (κ1) is 21.3. The van der Waals surface area contributed by atoms with Gasteiger partial charge in [-0.05, 0) is 24.5 Å². The monoisotopic (exact) mass is 435 g/mol. The van der Waals surface area contributed by atoms with E-state index in [0.29, 0.717) is 12.5 Å². The minimum atomic E-state index is -4.68. The van der Waals surface area contributed by atoms with Gasteiger partial charge >= 0.3 is 6.18 Å². The Kier molecular flexibility index (Phi) is 5.74. The summed E-state index contributed by atoms with van der Waals surface area (Å²) in [6.45, 7) is 0.995. The third kappa shape index (κ3) is 4.98. The predicted molar refractivity (Wildman–Crippen MR) is 98.3 cm³/mol. The van der Waals surface area contributed by atoms with E-state index in [0.717, 1.165) is 12.1 Å². The number of alkyl halides is 3. The maximum absolute atomic E-state index is 12.8. The SMILES string of the molecule is O=C(CC1CCS(=O)(=O)C1)N1CCN(c2ccc(C(F)(F)F)cc2[N+](=O)[O-])CC1. The first-order valence-electron chi connectivity index (χ1n) is 9.05. The Morgan fingerprint density at radius 2 is 1.86 bits per heavy atom. The second kappa shape index (κ2) is 7.81. The maximum Gasteiger partial charge on any atom is 0.416 e. The summed E-state index contributed by atoms with van der Waals surface area (Å²) in [4.78, 5) is 26.0. The number of nitro benzene ring substituents is 1. The summed E-state index contributed by atoms with van der Waals surface area (Å²) >= 11 is 0. The summed E-state index contributed by atoms with van der Waals surface area (Å²) in [6, 6.07) is 2.41. The van der Waals surface area contributed by atoms with E-state index in [1.165, 1.54) is 0 Å². The van der Waals surface area contributed by atoms with Crippen LogP contribution >= 0.6 is 0 Å². The van der Waals surface area contributed by atoms with Gasteiger partial charge in [0.1, 0.15) is 5.69 Å². The molecule has 2 aliphatic rings. The molecule has 2 heterocycles. The lowest BCUT2D eigenvalue weighted by Crippen LogP contribution is -2.49. The van der Waals surface area contributed by atoms with E-state index in [2.05, 4.69) is 0 Å². The van der Waals surface area contributed by atoms with Crippen molar-refractivity contribution in [3.63, 3.8) is 0 Å². The molecule has 8 nitrogen and oxygen atoms in total. The zero-order valence-electron chi connectivity index (χ0n) is 15.4. The Morgan fingerprint density at radius 3 is 2.38 bits per heavy atom. The fourth-order valence-electron chi connectivity index (χ4n) is 3.72. The highest BCUT2D eigenvalue weighted by Gasteiger charge is 2.35. The minimum absolute atomic E-state index is 0.0104. The van der Waals surface area contributed by atoms with Gasteiger partial charge in [-0.3, -0.25) is 14.9 Å². The molecule has 0 aromatic heterocycles. The average molecular weight is 435 g/mol. The van der Waals surface area contributed by atoms with Crippen LogP contribution in [0.2, 0.25) is 0 Å². The van der Waals surface area contributed by atoms with Crippen LogP contribution in [0.4, 0.5) is 24.5 Å². The summed E-state index contributed by atoms with van der Waals surface area (Å²) in [6.07, 6.45) is -4.08. The summed E-state index contributed by atoms with van der Waals surface area (Å²) in [5, 5.41) is 11.3. The number of carbonyl (C=O) groups is 1. The smallest absolute Gasteiger partial charge is 0.362 e. The molecule has 1 aromatic rings. The topological polar surface area (TPSA) is 101 Å². The van der Waals surface area contributed by atoms with Crippen LogP contribution in [0.3, 0.4) is 0 Å². The Balaban J connectivity index is 1.64. The fourth-order valence-corrected chi connectivity index (χ4v) is 5.58. The molecule has 0 bridgehead atoms. The second-order valence-corrected chi connectivity index (χ2v) is 9.53. The number of halogens is 3. The number of sulfone groups is 1. The van der Waals surface area contributed by atoms with E-state index in [9.17, 15) is 36.5 Å². The lowest BCUT2D eigenvalue weighted by atomic mass is 10.0. The molecule has 1 atom stereocenters. The molecule has 29 heavy (non-hydrogen) atoms. The number of rotatable bonds is 4. The third-order valence-corrected chi connectivity index (χ3v) is 7.10. The minimum Gasteiger partial charge on any atom is -0.362 e. The molecule has 2 saturated heterocycles. The molecule has 0 N–H and O–H groups in total. The van der Waals surface area contributed by atoms with Gasteiger partial charge in [-0.25, -0.2) is 8.42 Å². The highest BCUT2D eigenvalue weighted by atomic mass is 32.2. The van der Waals surface area contributed by atoms with Crippen molar-refractivity contribution in [1.82, 2.24) is 4.90 Å². The molecule has 0 saturated carbocycles. The number of piperazine rings is 1. The standard InChI is InChI=1S/C17H20F3N3O5S/c18-17(19,20)13-1-2-14(15(10-13)23(25)26)21-4-6-22(7-5-21)16(24)9-12-3-8-29(27,28)11-12/h1-2,10,12H,3-9,11H2. The second-order valence-electron chi connectivity index (χ2n) is 7.30.